The molecular formula is C16H24O. The molecule has 3 rings (SSSR count). The highest BCUT2D eigenvalue weighted by Crippen LogP contribution is 2.87. The fraction of sp³-hybridized carbons (Fsp3) is 0.812. The zero-order valence-electron chi connectivity index (χ0n) is 11.8. The zero-order chi connectivity index (χ0) is 12.8. The zero-order valence-corrected chi connectivity index (χ0v) is 11.8. The first-order chi connectivity index (χ1) is 7.71. The van der Waals surface area contributed by atoms with Crippen molar-refractivity contribution in [3.63, 3.8) is 0 Å². The quantitative estimate of drug-likeness (QED) is 0.628. The molecule has 3 aliphatic rings. The van der Waals surface area contributed by atoms with E-state index in [0.717, 1.165) is 6.42 Å². The highest BCUT2D eigenvalue weighted by molar-refractivity contribution is 5.94. The van der Waals surface area contributed by atoms with E-state index < -0.39 is 0 Å². The molecule has 0 radical (unpaired) electrons. The number of hydrogen-bond acceptors (Lipinski definition) is 1. The van der Waals surface area contributed by atoms with Crippen LogP contribution < -0.4 is 0 Å². The third-order valence-corrected chi connectivity index (χ3v) is 7.41. The molecule has 3 fully saturated rings. The lowest BCUT2D eigenvalue weighted by atomic mass is 9.56. The average molecular weight is 232 g/mol. The number of carbonyl (C=O) groups is 1. The molecule has 0 bridgehead atoms. The SMILES string of the molecule is C=C(C)[C@@H]1C[C@H]2[C@]3(C)[C@@]2(C)C(=O)C[C@]3(C)[C@H]1C. The molecule has 3 aliphatic carbocycles. The van der Waals surface area contributed by atoms with Gasteiger partial charge in [0, 0.05) is 11.8 Å². The lowest BCUT2D eigenvalue weighted by Gasteiger charge is -2.48. The molecule has 6 atom stereocenters. The van der Waals surface area contributed by atoms with Crippen molar-refractivity contribution in [2.45, 2.75) is 47.5 Å². The van der Waals surface area contributed by atoms with Crippen molar-refractivity contribution < 1.29 is 4.79 Å². The molecule has 17 heavy (non-hydrogen) atoms. The second kappa shape index (κ2) is 2.70. The van der Waals surface area contributed by atoms with E-state index >= 15 is 0 Å². The maximum absolute atomic E-state index is 12.4. The Morgan fingerprint density at radius 1 is 1.35 bits per heavy atom. The summed E-state index contributed by atoms with van der Waals surface area (Å²) in [4.78, 5) is 12.4. The Bertz CT molecular complexity index is 437. The molecule has 94 valence electrons. The van der Waals surface area contributed by atoms with Gasteiger partial charge in [-0.1, -0.05) is 39.8 Å². The fourth-order valence-electron chi connectivity index (χ4n) is 5.72. The predicted octanol–water partition coefficient (Wildman–Crippen LogP) is 3.84. The van der Waals surface area contributed by atoms with Gasteiger partial charge in [-0.15, -0.1) is 0 Å². The molecule has 0 aromatic rings. The third-order valence-electron chi connectivity index (χ3n) is 7.41. The Kier molecular flexibility index (Phi) is 1.83. The number of allylic oxidation sites excluding steroid dienone is 1. The van der Waals surface area contributed by atoms with E-state index in [1.54, 1.807) is 0 Å². The van der Waals surface area contributed by atoms with E-state index in [0.29, 0.717) is 23.5 Å². The average Bonchev–Trinajstić information content (AvgIpc) is 2.67. The van der Waals surface area contributed by atoms with Gasteiger partial charge in [-0.05, 0) is 41.9 Å². The predicted molar refractivity (Wildman–Crippen MR) is 69.5 cm³/mol. The van der Waals surface area contributed by atoms with Crippen molar-refractivity contribution >= 4 is 5.78 Å². The van der Waals surface area contributed by atoms with Crippen LogP contribution in [0, 0.1) is 34.0 Å². The van der Waals surface area contributed by atoms with Crippen molar-refractivity contribution in [3.8, 4) is 0 Å². The van der Waals surface area contributed by atoms with Crippen LogP contribution >= 0.6 is 0 Å². The number of hydrogen-bond donors (Lipinski definition) is 0. The Balaban J connectivity index is 2.10. The van der Waals surface area contributed by atoms with E-state index in [2.05, 4.69) is 41.2 Å². The first-order valence-corrected chi connectivity index (χ1v) is 6.90. The maximum Gasteiger partial charge on any atom is 0.140 e. The van der Waals surface area contributed by atoms with Gasteiger partial charge in [0.05, 0.1) is 0 Å². The minimum atomic E-state index is -0.0137. The Hall–Kier alpha value is -0.590. The lowest BCUT2D eigenvalue weighted by molar-refractivity contribution is -0.125. The van der Waals surface area contributed by atoms with Gasteiger partial charge in [0.15, 0.2) is 0 Å². The molecule has 0 heterocycles. The Labute approximate surface area is 105 Å². The van der Waals surface area contributed by atoms with E-state index in [4.69, 9.17) is 0 Å². The molecule has 3 saturated carbocycles. The topological polar surface area (TPSA) is 17.1 Å². The molecule has 0 N–H and O–H groups in total. The van der Waals surface area contributed by atoms with Gasteiger partial charge < -0.3 is 0 Å². The molecule has 0 saturated heterocycles. The molecule has 1 heteroatoms. The summed E-state index contributed by atoms with van der Waals surface area (Å²) in [5, 5.41) is 0. The lowest BCUT2D eigenvalue weighted by Crippen LogP contribution is -2.42. The van der Waals surface area contributed by atoms with Crippen LogP contribution in [0.2, 0.25) is 0 Å². The largest absolute Gasteiger partial charge is 0.299 e. The number of carbonyl (C=O) groups excluding carboxylic acids is 1. The van der Waals surface area contributed by atoms with Crippen molar-refractivity contribution in [1.82, 2.24) is 0 Å². The van der Waals surface area contributed by atoms with Gasteiger partial charge in [0.25, 0.3) is 0 Å². The van der Waals surface area contributed by atoms with Crippen LogP contribution in [0.1, 0.15) is 47.5 Å². The van der Waals surface area contributed by atoms with E-state index in [-0.39, 0.29) is 16.2 Å². The minimum absolute atomic E-state index is 0.0137. The first kappa shape index (κ1) is 11.5. The number of ketones is 1. The minimum Gasteiger partial charge on any atom is -0.299 e. The molecule has 0 aromatic carbocycles. The molecule has 0 amide bonds. The summed E-state index contributed by atoms with van der Waals surface area (Å²) in [6, 6.07) is 0. The summed E-state index contributed by atoms with van der Waals surface area (Å²) in [7, 11) is 0. The van der Waals surface area contributed by atoms with E-state index in [9.17, 15) is 4.79 Å². The summed E-state index contributed by atoms with van der Waals surface area (Å²) < 4.78 is 0. The molecule has 0 spiro atoms. The van der Waals surface area contributed by atoms with Gasteiger partial charge in [0.2, 0.25) is 0 Å². The highest BCUT2D eigenvalue weighted by Gasteiger charge is 2.86. The van der Waals surface area contributed by atoms with Gasteiger partial charge in [0.1, 0.15) is 5.78 Å². The van der Waals surface area contributed by atoms with Crippen LogP contribution in [0.4, 0.5) is 0 Å². The van der Waals surface area contributed by atoms with Crippen LogP contribution in [-0.2, 0) is 4.79 Å². The second-order valence-corrected chi connectivity index (χ2v) is 7.45. The van der Waals surface area contributed by atoms with Crippen molar-refractivity contribution in [2.24, 2.45) is 34.0 Å². The molecular weight excluding hydrogens is 208 g/mol. The van der Waals surface area contributed by atoms with Gasteiger partial charge in [-0.2, -0.15) is 0 Å². The van der Waals surface area contributed by atoms with Gasteiger partial charge >= 0.3 is 0 Å². The van der Waals surface area contributed by atoms with Crippen LogP contribution in [-0.4, -0.2) is 5.78 Å². The van der Waals surface area contributed by atoms with Crippen LogP contribution in [0.5, 0.6) is 0 Å². The fourth-order valence-corrected chi connectivity index (χ4v) is 5.72. The smallest absolute Gasteiger partial charge is 0.140 e. The van der Waals surface area contributed by atoms with Crippen molar-refractivity contribution in [1.29, 1.82) is 0 Å². The van der Waals surface area contributed by atoms with Crippen molar-refractivity contribution in [2.75, 3.05) is 0 Å². The Morgan fingerprint density at radius 2 is 1.94 bits per heavy atom. The summed E-state index contributed by atoms with van der Waals surface area (Å²) in [5.74, 6) is 2.35. The van der Waals surface area contributed by atoms with Crippen LogP contribution in [0.15, 0.2) is 12.2 Å². The number of Topliss-reactive ketones (excluding diaryl/α,β-unsaturated/α-hetero) is 1. The van der Waals surface area contributed by atoms with Crippen LogP contribution in [0.3, 0.4) is 0 Å². The molecule has 0 unspecified atom stereocenters. The van der Waals surface area contributed by atoms with E-state index in [1.807, 2.05) is 0 Å². The highest BCUT2D eigenvalue weighted by atomic mass is 16.1. The van der Waals surface area contributed by atoms with E-state index in [1.165, 1.54) is 12.0 Å². The Morgan fingerprint density at radius 3 is 2.47 bits per heavy atom. The number of rotatable bonds is 1. The molecule has 1 nitrogen and oxygen atoms in total. The van der Waals surface area contributed by atoms with Crippen molar-refractivity contribution in [3.05, 3.63) is 12.2 Å². The first-order valence-electron chi connectivity index (χ1n) is 6.90. The second-order valence-electron chi connectivity index (χ2n) is 7.45. The summed E-state index contributed by atoms with van der Waals surface area (Å²) in [6.07, 6.45) is 1.98. The van der Waals surface area contributed by atoms with Gasteiger partial charge in [-0.25, -0.2) is 0 Å². The molecule has 0 aliphatic heterocycles. The van der Waals surface area contributed by atoms with Gasteiger partial charge in [-0.3, -0.25) is 4.79 Å². The normalized spacial score (nSPS) is 60.1. The third kappa shape index (κ3) is 0.871. The summed E-state index contributed by atoms with van der Waals surface area (Å²) in [6.45, 7) is 15.6. The monoisotopic (exact) mass is 232 g/mol. The number of fused-ring (bicyclic) bond motifs is 1. The van der Waals surface area contributed by atoms with Crippen LogP contribution in [0.25, 0.3) is 0 Å². The molecule has 0 aromatic heterocycles. The maximum atomic E-state index is 12.4. The summed E-state index contributed by atoms with van der Waals surface area (Å²) >= 11 is 0. The summed E-state index contributed by atoms with van der Waals surface area (Å²) in [5.41, 5.74) is 1.77. The standard InChI is InChI=1S/C16H24O/c1-9(2)11-7-12-15(5)13(17)8-14(4,10(11)3)16(12,15)6/h10-12H,1,7-8H2,2-6H3/t10-,11-,12+,14+,15+,16-/m0/s1.